The molecule has 16 heavy (non-hydrogen) atoms. The van der Waals surface area contributed by atoms with Crippen LogP contribution in [0.15, 0.2) is 24.3 Å². The Kier molecular flexibility index (Phi) is 4.79. The van der Waals surface area contributed by atoms with Crippen molar-refractivity contribution in [2.45, 2.75) is 19.9 Å². The Hall–Kier alpha value is -1.55. The number of benzene rings is 1. The molecule has 0 aliphatic rings. The highest BCUT2D eigenvalue weighted by molar-refractivity contribution is 5.76. The number of hydrogen-bond acceptors (Lipinski definition) is 3. The topological polar surface area (TPSA) is 73.3 Å². The molecule has 1 aromatic carbocycles. The van der Waals surface area contributed by atoms with E-state index in [9.17, 15) is 5.11 Å². The number of phenolic OH excluding ortho intramolecular Hbond substituents is 1. The molecular weight excluding hydrogens is 202 g/mol. The molecule has 0 bridgehead atoms. The van der Waals surface area contributed by atoms with Crippen LogP contribution in [0.4, 0.5) is 0 Å². The third-order valence-electron chi connectivity index (χ3n) is 2.46. The lowest BCUT2D eigenvalue weighted by Gasteiger charge is -2.20. The number of aromatic hydroxyl groups is 1. The molecule has 0 atom stereocenters. The summed E-state index contributed by atoms with van der Waals surface area (Å²) in [7, 11) is 0. The zero-order valence-electron chi connectivity index (χ0n) is 9.61. The molecule has 0 amide bonds. The van der Waals surface area contributed by atoms with Crippen molar-refractivity contribution in [1.82, 2.24) is 4.90 Å². The quantitative estimate of drug-likeness (QED) is 0.504. The molecule has 0 heterocycles. The fourth-order valence-electron chi connectivity index (χ4n) is 1.54. The van der Waals surface area contributed by atoms with Crippen molar-refractivity contribution in [3.8, 4) is 5.75 Å². The fraction of sp³-hybridized carbons (Fsp3) is 0.417. The SMILES string of the molecule is CCN(CCC(=N)N)Cc1cccc(O)c1. The lowest BCUT2D eigenvalue weighted by Crippen LogP contribution is -2.27. The average molecular weight is 221 g/mol. The minimum absolute atomic E-state index is 0.217. The maximum absolute atomic E-state index is 9.34. The highest BCUT2D eigenvalue weighted by atomic mass is 16.3. The molecule has 0 fully saturated rings. The monoisotopic (exact) mass is 221 g/mol. The van der Waals surface area contributed by atoms with Crippen LogP contribution in [0.25, 0.3) is 0 Å². The molecule has 1 aromatic rings. The van der Waals surface area contributed by atoms with E-state index in [0.717, 1.165) is 25.2 Å². The molecule has 0 aliphatic heterocycles. The first-order valence-electron chi connectivity index (χ1n) is 5.45. The highest BCUT2D eigenvalue weighted by Crippen LogP contribution is 2.12. The number of phenols is 1. The Bertz CT molecular complexity index is 352. The predicted molar refractivity (Wildman–Crippen MR) is 65.6 cm³/mol. The van der Waals surface area contributed by atoms with Crippen LogP contribution in [0.3, 0.4) is 0 Å². The molecule has 0 spiro atoms. The van der Waals surface area contributed by atoms with Crippen LogP contribution in [0.5, 0.6) is 5.75 Å². The summed E-state index contributed by atoms with van der Waals surface area (Å²) in [5.74, 6) is 0.509. The summed E-state index contributed by atoms with van der Waals surface area (Å²) in [5, 5.41) is 16.5. The molecular formula is C12H19N3O. The van der Waals surface area contributed by atoms with E-state index in [1.165, 1.54) is 0 Å². The van der Waals surface area contributed by atoms with E-state index in [4.69, 9.17) is 11.1 Å². The van der Waals surface area contributed by atoms with Crippen LogP contribution in [0.2, 0.25) is 0 Å². The van der Waals surface area contributed by atoms with E-state index in [1.807, 2.05) is 12.1 Å². The minimum Gasteiger partial charge on any atom is -0.508 e. The molecule has 0 radical (unpaired) electrons. The van der Waals surface area contributed by atoms with Gasteiger partial charge in [0.2, 0.25) is 0 Å². The van der Waals surface area contributed by atoms with Gasteiger partial charge in [-0.1, -0.05) is 19.1 Å². The summed E-state index contributed by atoms with van der Waals surface area (Å²) in [6.07, 6.45) is 0.590. The summed E-state index contributed by atoms with van der Waals surface area (Å²) in [6, 6.07) is 7.24. The van der Waals surface area contributed by atoms with Crippen LogP contribution >= 0.6 is 0 Å². The van der Waals surface area contributed by atoms with Gasteiger partial charge in [-0.15, -0.1) is 0 Å². The molecule has 0 unspecified atom stereocenters. The van der Waals surface area contributed by atoms with Gasteiger partial charge in [-0.25, -0.2) is 0 Å². The minimum atomic E-state index is 0.217. The number of amidine groups is 1. The molecule has 4 heteroatoms. The largest absolute Gasteiger partial charge is 0.508 e. The molecule has 1 rings (SSSR count). The number of hydrogen-bond donors (Lipinski definition) is 3. The Morgan fingerprint density at radius 2 is 2.25 bits per heavy atom. The van der Waals surface area contributed by atoms with E-state index in [2.05, 4.69) is 11.8 Å². The van der Waals surface area contributed by atoms with Crippen molar-refractivity contribution < 1.29 is 5.11 Å². The Morgan fingerprint density at radius 1 is 1.50 bits per heavy atom. The zero-order valence-corrected chi connectivity index (χ0v) is 9.61. The summed E-state index contributed by atoms with van der Waals surface area (Å²) in [6.45, 7) is 4.53. The second-order valence-corrected chi connectivity index (χ2v) is 3.81. The second-order valence-electron chi connectivity index (χ2n) is 3.81. The molecule has 88 valence electrons. The van der Waals surface area contributed by atoms with Crippen molar-refractivity contribution in [1.29, 1.82) is 5.41 Å². The van der Waals surface area contributed by atoms with Gasteiger partial charge in [0.15, 0.2) is 0 Å². The summed E-state index contributed by atoms with van der Waals surface area (Å²) in [4.78, 5) is 2.19. The van der Waals surface area contributed by atoms with Crippen molar-refractivity contribution >= 4 is 5.84 Å². The van der Waals surface area contributed by atoms with E-state index in [1.54, 1.807) is 12.1 Å². The van der Waals surface area contributed by atoms with Gasteiger partial charge in [-0.3, -0.25) is 10.3 Å². The lowest BCUT2D eigenvalue weighted by atomic mass is 10.2. The Balaban J connectivity index is 2.52. The molecule has 4 nitrogen and oxygen atoms in total. The third-order valence-corrected chi connectivity index (χ3v) is 2.46. The van der Waals surface area contributed by atoms with Gasteiger partial charge in [0.1, 0.15) is 5.75 Å². The van der Waals surface area contributed by atoms with Gasteiger partial charge in [0.05, 0.1) is 5.84 Å². The van der Waals surface area contributed by atoms with Gasteiger partial charge >= 0.3 is 0 Å². The maximum Gasteiger partial charge on any atom is 0.115 e. The Morgan fingerprint density at radius 3 is 2.81 bits per heavy atom. The number of nitrogens with two attached hydrogens (primary N) is 1. The van der Waals surface area contributed by atoms with Crippen LogP contribution in [-0.2, 0) is 6.54 Å². The smallest absolute Gasteiger partial charge is 0.115 e. The normalized spacial score (nSPS) is 10.6. The summed E-state index contributed by atoms with van der Waals surface area (Å²) in [5.41, 5.74) is 6.40. The average Bonchev–Trinajstić information content (AvgIpc) is 2.24. The first-order valence-corrected chi connectivity index (χ1v) is 5.45. The second kappa shape index (κ2) is 6.12. The summed E-state index contributed by atoms with van der Waals surface area (Å²) < 4.78 is 0. The van der Waals surface area contributed by atoms with Gasteiger partial charge in [0.25, 0.3) is 0 Å². The molecule has 0 saturated carbocycles. The first-order chi connectivity index (χ1) is 7.61. The van der Waals surface area contributed by atoms with Crippen molar-refractivity contribution in [3.63, 3.8) is 0 Å². The van der Waals surface area contributed by atoms with E-state index in [-0.39, 0.29) is 5.84 Å². The van der Waals surface area contributed by atoms with Crippen molar-refractivity contribution in [2.24, 2.45) is 5.73 Å². The Labute approximate surface area is 96.2 Å². The van der Waals surface area contributed by atoms with Crippen LogP contribution in [-0.4, -0.2) is 28.9 Å². The number of nitrogens with one attached hydrogen (secondary N) is 1. The van der Waals surface area contributed by atoms with Gasteiger partial charge in [-0.2, -0.15) is 0 Å². The van der Waals surface area contributed by atoms with E-state index >= 15 is 0 Å². The highest BCUT2D eigenvalue weighted by Gasteiger charge is 2.04. The third kappa shape index (κ3) is 4.31. The van der Waals surface area contributed by atoms with Crippen LogP contribution < -0.4 is 5.73 Å². The van der Waals surface area contributed by atoms with Gasteiger partial charge in [-0.05, 0) is 24.2 Å². The van der Waals surface area contributed by atoms with Crippen molar-refractivity contribution in [3.05, 3.63) is 29.8 Å². The van der Waals surface area contributed by atoms with Gasteiger partial charge in [0, 0.05) is 19.5 Å². The number of nitrogens with zero attached hydrogens (tertiary/aromatic N) is 1. The van der Waals surface area contributed by atoms with E-state index in [0.29, 0.717) is 12.2 Å². The molecule has 0 saturated heterocycles. The van der Waals surface area contributed by atoms with Crippen LogP contribution in [0.1, 0.15) is 18.9 Å². The molecule has 0 aromatic heterocycles. The summed E-state index contributed by atoms with van der Waals surface area (Å²) >= 11 is 0. The standard InChI is InChI=1S/C12H19N3O/c1-2-15(7-6-12(13)14)9-10-4-3-5-11(16)8-10/h3-5,8,16H,2,6-7,9H2,1H3,(H3,13,14). The zero-order chi connectivity index (χ0) is 12.0. The van der Waals surface area contributed by atoms with Crippen molar-refractivity contribution in [2.75, 3.05) is 13.1 Å². The van der Waals surface area contributed by atoms with E-state index < -0.39 is 0 Å². The molecule has 4 N–H and O–H groups in total. The number of rotatable bonds is 6. The fourth-order valence-corrected chi connectivity index (χ4v) is 1.54. The first kappa shape index (κ1) is 12.5. The lowest BCUT2D eigenvalue weighted by molar-refractivity contribution is 0.287. The van der Waals surface area contributed by atoms with Crippen LogP contribution in [0, 0.1) is 5.41 Å². The molecule has 0 aliphatic carbocycles. The predicted octanol–water partition coefficient (Wildman–Crippen LogP) is 1.54. The van der Waals surface area contributed by atoms with Gasteiger partial charge < -0.3 is 10.8 Å². The maximum atomic E-state index is 9.34.